The van der Waals surface area contributed by atoms with Crippen LogP contribution in [0.15, 0.2) is 42.5 Å². The minimum absolute atomic E-state index is 0.0192. The zero-order valence-electron chi connectivity index (χ0n) is 18.7. The fourth-order valence-electron chi connectivity index (χ4n) is 3.07. The molecule has 1 N–H and O–H groups in total. The quantitative estimate of drug-likeness (QED) is 0.518. The van der Waals surface area contributed by atoms with E-state index in [1.165, 1.54) is 23.1 Å². The van der Waals surface area contributed by atoms with Crippen LogP contribution in [0.1, 0.15) is 26.3 Å². The minimum Gasteiger partial charge on any atom is -0.352 e. The van der Waals surface area contributed by atoms with E-state index in [9.17, 15) is 18.0 Å². The molecular formula is C22H26Cl3N3O4S. The highest BCUT2D eigenvalue weighted by Crippen LogP contribution is 2.25. The molecule has 2 rings (SSSR count). The number of hydrogen-bond donors (Lipinski definition) is 1. The maximum Gasteiger partial charge on any atom is 0.244 e. The van der Waals surface area contributed by atoms with E-state index in [1.54, 1.807) is 45.0 Å². The highest BCUT2D eigenvalue weighted by molar-refractivity contribution is 7.92. The Morgan fingerprint density at radius 3 is 2.18 bits per heavy atom. The molecule has 2 aromatic rings. The molecule has 0 saturated heterocycles. The summed E-state index contributed by atoms with van der Waals surface area (Å²) in [4.78, 5) is 27.4. The van der Waals surface area contributed by atoms with Gasteiger partial charge in [-0.3, -0.25) is 13.9 Å². The fraction of sp³-hybridized carbons (Fsp3) is 0.364. The second kappa shape index (κ2) is 11.4. The first-order valence-electron chi connectivity index (χ1n) is 10.1. The normalized spacial score (nSPS) is 12.4. The molecular weight excluding hydrogens is 509 g/mol. The van der Waals surface area contributed by atoms with Crippen LogP contribution in [0.3, 0.4) is 0 Å². The van der Waals surface area contributed by atoms with Crippen molar-refractivity contribution in [3.8, 4) is 0 Å². The first-order valence-corrected chi connectivity index (χ1v) is 13.0. The third kappa shape index (κ3) is 7.78. The van der Waals surface area contributed by atoms with Gasteiger partial charge in [-0.15, -0.1) is 0 Å². The van der Waals surface area contributed by atoms with Crippen LogP contribution < -0.4 is 9.62 Å². The molecule has 0 aliphatic rings. The SMILES string of the molecule is CC(C)NC(=O)[C@H](C)N(Cc1ccc(Cl)cc1Cl)C(=O)CN(c1cccc(Cl)c1)S(C)(=O)=O. The lowest BCUT2D eigenvalue weighted by Gasteiger charge is -2.32. The number of nitrogens with zero attached hydrogens (tertiary/aromatic N) is 2. The van der Waals surface area contributed by atoms with Crippen molar-refractivity contribution < 1.29 is 18.0 Å². The second-order valence-electron chi connectivity index (χ2n) is 7.85. The van der Waals surface area contributed by atoms with Crippen molar-refractivity contribution in [2.75, 3.05) is 17.1 Å². The summed E-state index contributed by atoms with van der Waals surface area (Å²) >= 11 is 18.3. The fourth-order valence-corrected chi connectivity index (χ4v) is 4.56. The van der Waals surface area contributed by atoms with Gasteiger partial charge in [-0.2, -0.15) is 0 Å². The van der Waals surface area contributed by atoms with Gasteiger partial charge >= 0.3 is 0 Å². The largest absolute Gasteiger partial charge is 0.352 e. The standard InChI is InChI=1S/C22H26Cl3N3O4S/c1-14(2)26-22(30)15(3)27(12-16-8-9-18(24)11-20(16)25)21(29)13-28(33(4,31)32)19-7-5-6-17(23)10-19/h5-11,14-15H,12-13H2,1-4H3,(H,26,30)/t15-/m0/s1. The summed E-state index contributed by atoms with van der Waals surface area (Å²) in [6.07, 6.45) is 0.997. The van der Waals surface area contributed by atoms with E-state index < -0.39 is 28.5 Å². The maximum atomic E-state index is 13.4. The Kier molecular flexibility index (Phi) is 9.43. The van der Waals surface area contributed by atoms with Gasteiger partial charge in [0.1, 0.15) is 12.6 Å². The van der Waals surface area contributed by atoms with Crippen LogP contribution in [-0.4, -0.2) is 50.0 Å². The van der Waals surface area contributed by atoms with Crippen LogP contribution >= 0.6 is 34.8 Å². The second-order valence-corrected chi connectivity index (χ2v) is 11.0. The smallest absolute Gasteiger partial charge is 0.244 e. The number of anilines is 1. The molecule has 1 atom stereocenters. The number of nitrogens with one attached hydrogen (secondary N) is 1. The number of benzene rings is 2. The molecule has 0 aliphatic heterocycles. The van der Waals surface area contributed by atoms with Crippen molar-refractivity contribution >= 4 is 62.3 Å². The van der Waals surface area contributed by atoms with E-state index in [4.69, 9.17) is 34.8 Å². The Labute approximate surface area is 209 Å². The van der Waals surface area contributed by atoms with Gasteiger partial charge in [-0.1, -0.05) is 46.9 Å². The van der Waals surface area contributed by atoms with Gasteiger partial charge in [-0.05, 0) is 56.7 Å². The lowest BCUT2D eigenvalue weighted by atomic mass is 10.1. The van der Waals surface area contributed by atoms with E-state index in [2.05, 4.69) is 5.32 Å². The number of hydrogen-bond acceptors (Lipinski definition) is 4. The van der Waals surface area contributed by atoms with Gasteiger partial charge in [0.25, 0.3) is 0 Å². The van der Waals surface area contributed by atoms with Gasteiger partial charge in [0, 0.05) is 27.7 Å². The molecule has 0 fully saturated rings. The summed E-state index contributed by atoms with van der Waals surface area (Å²) in [5, 5.41) is 3.85. The van der Waals surface area contributed by atoms with Crippen LogP contribution in [0.25, 0.3) is 0 Å². The Morgan fingerprint density at radius 2 is 1.64 bits per heavy atom. The first-order chi connectivity index (χ1) is 15.3. The number of rotatable bonds is 9. The molecule has 0 saturated carbocycles. The molecule has 33 heavy (non-hydrogen) atoms. The van der Waals surface area contributed by atoms with Crippen molar-refractivity contribution in [3.05, 3.63) is 63.1 Å². The minimum atomic E-state index is -3.83. The Hall–Kier alpha value is -2.00. The van der Waals surface area contributed by atoms with Crippen LogP contribution in [0.2, 0.25) is 15.1 Å². The average molecular weight is 535 g/mol. The van der Waals surface area contributed by atoms with Gasteiger partial charge < -0.3 is 10.2 Å². The summed E-state index contributed by atoms with van der Waals surface area (Å²) in [5.41, 5.74) is 0.800. The van der Waals surface area contributed by atoms with Crippen molar-refractivity contribution in [1.82, 2.24) is 10.2 Å². The third-order valence-corrected chi connectivity index (χ3v) is 6.69. The van der Waals surface area contributed by atoms with Crippen LogP contribution in [0.4, 0.5) is 5.69 Å². The number of amides is 2. The molecule has 0 unspecified atom stereocenters. The van der Waals surface area contributed by atoms with Crippen molar-refractivity contribution in [2.24, 2.45) is 0 Å². The molecule has 180 valence electrons. The van der Waals surface area contributed by atoms with Gasteiger partial charge in [0.15, 0.2) is 0 Å². The zero-order valence-corrected chi connectivity index (χ0v) is 21.8. The molecule has 11 heteroatoms. The molecule has 0 aliphatic carbocycles. The average Bonchev–Trinajstić information content (AvgIpc) is 2.69. The predicted molar refractivity (Wildman–Crippen MR) is 133 cm³/mol. The van der Waals surface area contributed by atoms with Crippen molar-refractivity contribution in [3.63, 3.8) is 0 Å². The molecule has 0 spiro atoms. The van der Waals surface area contributed by atoms with Crippen LogP contribution in [-0.2, 0) is 26.2 Å². The zero-order chi connectivity index (χ0) is 24.9. The summed E-state index contributed by atoms with van der Waals surface area (Å²) in [6, 6.07) is 9.95. The third-order valence-electron chi connectivity index (χ3n) is 4.73. The number of carbonyl (C=O) groups is 2. The summed E-state index contributed by atoms with van der Waals surface area (Å²) in [5.74, 6) is -0.963. The Balaban J connectivity index is 2.42. The number of halogens is 3. The van der Waals surface area contributed by atoms with Crippen LogP contribution in [0, 0.1) is 0 Å². The molecule has 0 radical (unpaired) electrons. The van der Waals surface area contributed by atoms with Gasteiger partial charge in [-0.25, -0.2) is 8.42 Å². The maximum absolute atomic E-state index is 13.4. The molecule has 7 nitrogen and oxygen atoms in total. The number of carbonyl (C=O) groups excluding carboxylic acids is 2. The van der Waals surface area contributed by atoms with E-state index in [1.807, 2.05) is 0 Å². The summed E-state index contributed by atoms with van der Waals surface area (Å²) in [6.45, 7) is 4.64. The van der Waals surface area contributed by atoms with Gasteiger partial charge in [0.2, 0.25) is 21.8 Å². The number of sulfonamides is 1. The Bertz CT molecular complexity index is 1130. The lowest BCUT2D eigenvalue weighted by Crippen LogP contribution is -2.52. The van der Waals surface area contributed by atoms with E-state index in [0.717, 1.165) is 10.6 Å². The highest BCUT2D eigenvalue weighted by Gasteiger charge is 2.30. The van der Waals surface area contributed by atoms with E-state index in [0.29, 0.717) is 20.6 Å². The molecule has 2 aromatic carbocycles. The highest BCUT2D eigenvalue weighted by atomic mass is 35.5. The predicted octanol–water partition coefficient (Wildman–Crippen LogP) is 4.35. The summed E-state index contributed by atoms with van der Waals surface area (Å²) < 4.78 is 25.9. The molecule has 2 amide bonds. The molecule has 0 bridgehead atoms. The van der Waals surface area contributed by atoms with E-state index >= 15 is 0 Å². The lowest BCUT2D eigenvalue weighted by molar-refractivity contribution is -0.139. The molecule has 0 aromatic heterocycles. The summed E-state index contributed by atoms with van der Waals surface area (Å²) in [7, 11) is -3.83. The van der Waals surface area contributed by atoms with Crippen LogP contribution in [0.5, 0.6) is 0 Å². The van der Waals surface area contributed by atoms with Gasteiger partial charge in [0.05, 0.1) is 11.9 Å². The first kappa shape index (κ1) is 27.2. The van der Waals surface area contributed by atoms with Crippen molar-refractivity contribution in [1.29, 1.82) is 0 Å². The topological polar surface area (TPSA) is 86.8 Å². The molecule has 0 heterocycles. The van der Waals surface area contributed by atoms with E-state index in [-0.39, 0.29) is 24.2 Å². The van der Waals surface area contributed by atoms with Crippen molar-refractivity contribution in [2.45, 2.75) is 39.4 Å². The monoisotopic (exact) mass is 533 g/mol. The Morgan fingerprint density at radius 1 is 1.00 bits per heavy atom.